The first-order valence-corrected chi connectivity index (χ1v) is 4.33. The summed E-state index contributed by atoms with van der Waals surface area (Å²) < 4.78 is 4.35. The Bertz CT molecular complexity index is 338. The van der Waals surface area contributed by atoms with Gasteiger partial charge in [-0.3, -0.25) is 20.2 Å². The molecule has 0 rings (SSSR count). The lowest BCUT2D eigenvalue weighted by Crippen LogP contribution is -2.30. The zero-order valence-corrected chi connectivity index (χ0v) is 8.64. The zero-order chi connectivity index (χ0) is 13.4. The Balaban J connectivity index is 4.25. The van der Waals surface area contributed by atoms with E-state index in [2.05, 4.69) is 9.73 Å². The third-order valence-electron chi connectivity index (χ3n) is 1.45. The number of carbonyl (C=O) groups excluding carboxylic acids is 1. The first-order valence-electron chi connectivity index (χ1n) is 4.33. The number of nitrogens with two attached hydrogens (primary N) is 2. The Labute approximate surface area is 94.7 Å². The maximum absolute atomic E-state index is 11.0. The number of hydrogen-bond acceptors (Lipinski definition) is 7. The van der Waals surface area contributed by atoms with Crippen LogP contribution in [0.3, 0.4) is 0 Å². The second-order valence-corrected chi connectivity index (χ2v) is 2.82. The van der Waals surface area contributed by atoms with E-state index in [9.17, 15) is 25.0 Å². The van der Waals surface area contributed by atoms with Crippen LogP contribution in [-0.4, -0.2) is 41.1 Å². The average Bonchev–Trinajstić information content (AvgIpc) is 2.20. The molecule has 0 saturated carbocycles. The second kappa shape index (κ2) is 6.92. The number of carbonyl (C=O) groups is 1. The van der Waals surface area contributed by atoms with Gasteiger partial charge in [-0.25, -0.2) is 9.79 Å². The molecule has 0 amide bonds. The Hall–Kier alpha value is -2.46. The maximum Gasteiger partial charge on any atom is 0.362 e. The maximum atomic E-state index is 11.0. The van der Waals surface area contributed by atoms with Crippen LogP contribution in [0.2, 0.25) is 0 Å². The first-order chi connectivity index (χ1) is 7.82. The molecule has 1 unspecified atom stereocenters. The van der Waals surface area contributed by atoms with E-state index in [1.165, 1.54) is 0 Å². The van der Waals surface area contributed by atoms with Gasteiger partial charge < -0.3 is 16.2 Å². The first kappa shape index (κ1) is 14.5. The van der Waals surface area contributed by atoms with E-state index in [4.69, 9.17) is 11.5 Å². The summed E-state index contributed by atoms with van der Waals surface area (Å²) in [7, 11) is 0. The topological polar surface area (TPSA) is 177 Å². The molecule has 0 aromatic rings. The van der Waals surface area contributed by atoms with E-state index >= 15 is 0 Å². The van der Waals surface area contributed by atoms with E-state index in [-0.39, 0.29) is 5.96 Å². The fraction of sp³-hybridized carbons (Fsp3) is 0.667. The van der Waals surface area contributed by atoms with E-state index in [0.717, 1.165) is 0 Å². The van der Waals surface area contributed by atoms with E-state index < -0.39 is 41.6 Å². The molecule has 17 heavy (non-hydrogen) atoms. The molecule has 1 atom stereocenters. The van der Waals surface area contributed by atoms with Gasteiger partial charge in [0.15, 0.2) is 5.96 Å². The van der Waals surface area contributed by atoms with Gasteiger partial charge in [0.25, 0.3) is 0 Å². The molecule has 0 aromatic carbocycles. The molecular weight excluding hydrogens is 238 g/mol. The Morgan fingerprint density at radius 3 is 2.35 bits per heavy atom. The zero-order valence-electron chi connectivity index (χ0n) is 8.64. The standard InChI is InChI=1S/C6H11N5O6/c7-6(8)9-3-5(12)17-4(11(15)16)1-2-10(13)14/h4H,1-3H2,(H4,7,8,9). The van der Waals surface area contributed by atoms with Gasteiger partial charge in [0.2, 0.25) is 6.54 Å². The molecule has 11 heteroatoms. The minimum absolute atomic E-state index is 0.370. The third kappa shape index (κ3) is 7.47. The molecule has 0 spiro atoms. The number of guanidine groups is 1. The molecule has 0 heterocycles. The highest BCUT2D eigenvalue weighted by molar-refractivity contribution is 5.80. The van der Waals surface area contributed by atoms with Crippen molar-refractivity contribution in [2.24, 2.45) is 16.5 Å². The molecule has 11 nitrogen and oxygen atoms in total. The molecule has 0 aromatic heterocycles. The molecule has 0 saturated heterocycles. The van der Waals surface area contributed by atoms with Crippen molar-refractivity contribution in [1.29, 1.82) is 0 Å². The van der Waals surface area contributed by atoms with Crippen molar-refractivity contribution in [2.45, 2.75) is 12.6 Å². The minimum atomic E-state index is -1.78. The van der Waals surface area contributed by atoms with Gasteiger partial charge >= 0.3 is 12.2 Å². The molecule has 0 fully saturated rings. The van der Waals surface area contributed by atoms with Gasteiger partial charge in [-0.05, 0) is 0 Å². The van der Waals surface area contributed by atoms with Crippen molar-refractivity contribution < 1.29 is 19.4 Å². The molecular formula is C6H11N5O6. The summed E-state index contributed by atoms with van der Waals surface area (Å²) in [5.74, 6) is -1.41. The summed E-state index contributed by atoms with van der Waals surface area (Å²) in [6, 6.07) is 0. The largest absolute Gasteiger partial charge is 0.396 e. The van der Waals surface area contributed by atoms with Crippen LogP contribution in [0.1, 0.15) is 6.42 Å². The van der Waals surface area contributed by atoms with Crippen LogP contribution >= 0.6 is 0 Å². The van der Waals surface area contributed by atoms with Crippen LogP contribution < -0.4 is 11.5 Å². The van der Waals surface area contributed by atoms with Crippen LogP contribution in [0.15, 0.2) is 4.99 Å². The van der Waals surface area contributed by atoms with Crippen molar-refractivity contribution in [3.8, 4) is 0 Å². The molecule has 4 N–H and O–H groups in total. The van der Waals surface area contributed by atoms with Crippen LogP contribution in [0, 0.1) is 20.2 Å². The fourth-order valence-corrected chi connectivity index (χ4v) is 0.768. The fourth-order valence-electron chi connectivity index (χ4n) is 0.768. The predicted octanol–water partition coefficient (Wildman–Crippen LogP) is -1.93. The SMILES string of the molecule is NC(N)=NCC(=O)OC(CC[N+](=O)[O-])[N+](=O)[O-]. The number of ether oxygens (including phenoxy) is 1. The number of nitro groups is 2. The van der Waals surface area contributed by atoms with Crippen LogP contribution in [0.5, 0.6) is 0 Å². The molecule has 0 aliphatic heterocycles. The summed E-state index contributed by atoms with van der Waals surface area (Å²) >= 11 is 0. The number of nitrogens with zero attached hydrogens (tertiary/aromatic N) is 3. The number of esters is 1. The van der Waals surface area contributed by atoms with Crippen LogP contribution in [-0.2, 0) is 9.53 Å². The van der Waals surface area contributed by atoms with E-state index in [0.29, 0.717) is 0 Å². The van der Waals surface area contributed by atoms with Gasteiger partial charge in [-0.15, -0.1) is 0 Å². The highest BCUT2D eigenvalue weighted by atomic mass is 16.7. The number of aliphatic imine (C=N–C) groups is 1. The Morgan fingerprint density at radius 1 is 1.35 bits per heavy atom. The summed E-state index contributed by atoms with van der Waals surface area (Å²) in [6.45, 7) is -1.26. The Morgan fingerprint density at radius 2 is 1.94 bits per heavy atom. The number of rotatable bonds is 7. The molecule has 0 aliphatic rings. The minimum Gasteiger partial charge on any atom is -0.396 e. The third-order valence-corrected chi connectivity index (χ3v) is 1.45. The summed E-state index contributed by atoms with van der Waals surface area (Å²) in [5, 5.41) is 20.4. The van der Waals surface area contributed by atoms with Crippen molar-refractivity contribution >= 4 is 11.9 Å². The molecule has 96 valence electrons. The lowest BCUT2D eigenvalue weighted by atomic mass is 10.4. The summed E-state index contributed by atoms with van der Waals surface area (Å²) in [4.78, 5) is 33.0. The molecule has 0 bridgehead atoms. The van der Waals surface area contributed by atoms with Crippen molar-refractivity contribution in [3.63, 3.8) is 0 Å². The monoisotopic (exact) mass is 249 g/mol. The summed E-state index contributed by atoms with van der Waals surface area (Å²) in [6.07, 6.45) is -2.30. The van der Waals surface area contributed by atoms with Crippen LogP contribution in [0.4, 0.5) is 0 Å². The average molecular weight is 249 g/mol. The van der Waals surface area contributed by atoms with Crippen molar-refractivity contribution in [2.75, 3.05) is 13.1 Å². The van der Waals surface area contributed by atoms with Crippen molar-refractivity contribution in [1.82, 2.24) is 0 Å². The van der Waals surface area contributed by atoms with Crippen molar-refractivity contribution in [3.05, 3.63) is 20.2 Å². The lowest BCUT2D eigenvalue weighted by molar-refractivity contribution is -0.580. The quantitative estimate of drug-likeness (QED) is 0.131. The second-order valence-electron chi connectivity index (χ2n) is 2.82. The molecule has 0 aliphatic carbocycles. The molecule has 0 radical (unpaired) electrons. The smallest absolute Gasteiger partial charge is 0.362 e. The normalized spacial score (nSPS) is 11.3. The summed E-state index contributed by atoms with van der Waals surface area (Å²) in [5.41, 5.74) is 9.85. The lowest BCUT2D eigenvalue weighted by Gasteiger charge is -2.07. The van der Waals surface area contributed by atoms with Gasteiger partial charge in [-0.1, -0.05) is 0 Å². The van der Waals surface area contributed by atoms with Gasteiger partial charge in [0, 0.05) is 4.92 Å². The highest BCUT2D eigenvalue weighted by Crippen LogP contribution is 2.00. The number of hydrogen-bond donors (Lipinski definition) is 2. The van der Waals surface area contributed by atoms with Gasteiger partial charge in [0.05, 0.1) is 4.92 Å². The van der Waals surface area contributed by atoms with E-state index in [1.807, 2.05) is 0 Å². The predicted molar refractivity (Wildman–Crippen MR) is 54.0 cm³/mol. The van der Waals surface area contributed by atoms with E-state index in [1.54, 1.807) is 0 Å². The van der Waals surface area contributed by atoms with Crippen LogP contribution in [0.25, 0.3) is 0 Å². The van der Waals surface area contributed by atoms with Gasteiger partial charge in [-0.2, -0.15) is 0 Å². The highest BCUT2D eigenvalue weighted by Gasteiger charge is 2.26. The Kier molecular flexibility index (Phi) is 5.92. The van der Waals surface area contributed by atoms with Gasteiger partial charge in [0.1, 0.15) is 13.0 Å².